The highest BCUT2D eigenvalue weighted by molar-refractivity contribution is 5.86. The van der Waals surface area contributed by atoms with Gasteiger partial charge in [-0.1, -0.05) is 26.8 Å². The fraction of sp³-hybridized carbons (Fsp3) is 0.800. The van der Waals surface area contributed by atoms with Gasteiger partial charge in [-0.2, -0.15) is 0 Å². The van der Waals surface area contributed by atoms with E-state index in [2.05, 4.69) is 20.8 Å². The Balaban J connectivity index is 2.37. The minimum Gasteiger partial charge on any atom is -0.478 e. The van der Waals surface area contributed by atoms with E-state index >= 15 is 0 Å². The van der Waals surface area contributed by atoms with Gasteiger partial charge in [-0.05, 0) is 43.4 Å². The maximum atomic E-state index is 11.1. The lowest BCUT2D eigenvalue weighted by Crippen LogP contribution is -2.52. The van der Waals surface area contributed by atoms with E-state index in [1.165, 1.54) is 0 Å². The Morgan fingerprint density at radius 3 is 2.67 bits per heavy atom. The summed E-state index contributed by atoms with van der Waals surface area (Å²) in [5.74, 6) is 0.349. The smallest absolute Gasteiger partial charge is 0.331 e. The summed E-state index contributed by atoms with van der Waals surface area (Å²) in [6.45, 7) is 6.44. The Morgan fingerprint density at radius 2 is 2.11 bits per heavy atom. The van der Waals surface area contributed by atoms with Gasteiger partial charge < -0.3 is 10.2 Å². The van der Waals surface area contributed by atoms with Crippen molar-refractivity contribution in [2.75, 3.05) is 0 Å². The molecule has 2 aliphatic carbocycles. The van der Waals surface area contributed by atoms with E-state index < -0.39 is 11.6 Å². The minimum atomic E-state index is -0.821. The Bertz CT molecular complexity index is 372. The number of rotatable bonds is 2. The van der Waals surface area contributed by atoms with Crippen LogP contribution >= 0.6 is 0 Å². The largest absolute Gasteiger partial charge is 0.478 e. The molecule has 0 aliphatic heterocycles. The van der Waals surface area contributed by atoms with Gasteiger partial charge in [-0.15, -0.1) is 0 Å². The number of hydrogen-bond acceptors (Lipinski definition) is 2. The summed E-state index contributed by atoms with van der Waals surface area (Å²) >= 11 is 0. The summed E-state index contributed by atoms with van der Waals surface area (Å²) in [5.41, 5.74) is -0.198. The lowest BCUT2D eigenvalue weighted by Gasteiger charge is -2.51. The molecule has 102 valence electrons. The molecular weight excluding hydrogens is 228 g/mol. The van der Waals surface area contributed by atoms with Crippen LogP contribution in [-0.2, 0) is 4.79 Å². The maximum Gasteiger partial charge on any atom is 0.331 e. The van der Waals surface area contributed by atoms with Crippen molar-refractivity contribution in [3.63, 3.8) is 0 Å². The van der Waals surface area contributed by atoms with Crippen molar-refractivity contribution in [3.05, 3.63) is 11.6 Å². The molecule has 2 N–H and O–H groups in total. The number of fused-ring (bicyclic) bond motifs is 1. The van der Waals surface area contributed by atoms with Gasteiger partial charge in [0.1, 0.15) is 0 Å². The van der Waals surface area contributed by atoms with E-state index in [1.54, 1.807) is 0 Å². The first kappa shape index (κ1) is 13.6. The highest BCUT2D eigenvalue weighted by Gasteiger charge is 2.50. The third kappa shape index (κ3) is 2.09. The highest BCUT2D eigenvalue weighted by atomic mass is 16.4. The zero-order valence-electron chi connectivity index (χ0n) is 11.5. The van der Waals surface area contributed by atoms with Gasteiger partial charge in [0.05, 0.1) is 5.60 Å². The van der Waals surface area contributed by atoms with E-state index in [9.17, 15) is 9.90 Å². The fourth-order valence-electron chi connectivity index (χ4n) is 3.81. The summed E-state index contributed by atoms with van der Waals surface area (Å²) in [6, 6.07) is 0. The molecule has 4 atom stereocenters. The lowest BCUT2D eigenvalue weighted by molar-refractivity contribution is -0.135. The summed E-state index contributed by atoms with van der Waals surface area (Å²) in [6.07, 6.45) is 5.09. The van der Waals surface area contributed by atoms with E-state index in [0.717, 1.165) is 12.8 Å². The molecule has 0 bridgehead atoms. The van der Waals surface area contributed by atoms with Crippen LogP contribution in [0.4, 0.5) is 0 Å². The van der Waals surface area contributed by atoms with E-state index in [1.807, 2.05) is 6.08 Å². The molecule has 0 aromatic rings. The van der Waals surface area contributed by atoms with Gasteiger partial charge in [0.25, 0.3) is 0 Å². The number of aliphatic hydroxyl groups is 1. The average molecular weight is 252 g/mol. The predicted octanol–water partition coefficient (Wildman–Crippen LogP) is 2.84. The van der Waals surface area contributed by atoms with Gasteiger partial charge in [0.15, 0.2) is 0 Å². The van der Waals surface area contributed by atoms with Crippen molar-refractivity contribution in [2.45, 2.75) is 52.1 Å². The van der Waals surface area contributed by atoms with Crippen molar-refractivity contribution < 1.29 is 15.0 Å². The summed E-state index contributed by atoms with van der Waals surface area (Å²) in [7, 11) is 0. The molecule has 0 spiro atoms. The Morgan fingerprint density at radius 1 is 1.44 bits per heavy atom. The molecule has 1 saturated carbocycles. The molecule has 0 amide bonds. The molecule has 2 aliphatic rings. The van der Waals surface area contributed by atoms with Crippen LogP contribution in [0.2, 0.25) is 0 Å². The van der Waals surface area contributed by atoms with Crippen LogP contribution in [0.25, 0.3) is 0 Å². The van der Waals surface area contributed by atoms with Crippen molar-refractivity contribution in [2.24, 2.45) is 23.7 Å². The SMILES string of the molecule is CC(C)[C@H]1CC[C@@H](C)[C@]2(O)CCC(C(=O)O)=C[C@H]12. The standard InChI is InChI=1S/C15H24O3/c1-9(2)12-5-4-10(3)15(18)7-6-11(14(16)17)8-13(12)15/h8-10,12-13,18H,4-7H2,1-3H3,(H,16,17)/t10-,12-,13-,15-/m1/s1. The van der Waals surface area contributed by atoms with Crippen molar-refractivity contribution >= 4 is 5.97 Å². The van der Waals surface area contributed by atoms with Crippen molar-refractivity contribution in [1.29, 1.82) is 0 Å². The summed E-state index contributed by atoms with van der Waals surface area (Å²) < 4.78 is 0. The second kappa shape index (κ2) is 4.69. The number of hydrogen-bond donors (Lipinski definition) is 2. The van der Waals surface area contributed by atoms with E-state index in [-0.39, 0.29) is 11.8 Å². The molecule has 0 heterocycles. The van der Waals surface area contributed by atoms with Crippen molar-refractivity contribution in [3.8, 4) is 0 Å². The Labute approximate surface area is 109 Å². The molecule has 3 heteroatoms. The average Bonchev–Trinajstić information content (AvgIpc) is 2.29. The number of aliphatic carboxylic acids is 1. The van der Waals surface area contributed by atoms with E-state index in [4.69, 9.17) is 5.11 Å². The Hall–Kier alpha value is -0.830. The zero-order chi connectivity index (χ0) is 13.5. The monoisotopic (exact) mass is 252 g/mol. The maximum absolute atomic E-state index is 11.1. The molecule has 0 aromatic heterocycles. The molecule has 0 radical (unpaired) electrons. The molecule has 1 fully saturated rings. The fourth-order valence-corrected chi connectivity index (χ4v) is 3.81. The third-order valence-electron chi connectivity index (χ3n) is 5.13. The second-order valence-electron chi connectivity index (χ2n) is 6.40. The first-order chi connectivity index (χ1) is 8.36. The molecule has 2 rings (SSSR count). The third-order valence-corrected chi connectivity index (χ3v) is 5.13. The minimum absolute atomic E-state index is 0.0149. The normalized spacial score (nSPS) is 40.3. The Kier molecular flexibility index (Phi) is 3.54. The molecule has 0 aromatic carbocycles. The van der Waals surface area contributed by atoms with E-state index in [0.29, 0.717) is 30.3 Å². The van der Waals surface area contributed by atoms with Gasteiger partial charge in [-0.3, -0.25) is 0 Å². The van der Waals surface area contributed by atoms with Gasteiger partial charge >= 0.3 is 5.97 Å². The van der Waals surface area contributed by atoms with Gasteiger partial charge in [0.2, 0.25) is 0 Å². The first-order valence-electron chi connectivity index (χ1n) is 7.02. The van der Waals surface area contributed by atoms with Crippen LogP contribution in [0.3, 0.4) is 0 Å². The van der Waals surface area contributed by atoms with Crippen molar-refractivity contribution in [1.82, 2.24) is 0 Å². The first-order valence-corrected chi connectivity index (χ1v) is 7.02. The number of carboxylic acid groups (broad SMARTS) is 1. The summed E-state index contributed by atoms with van der Waals surface area (Å²) in [4.78, 5) is 11.1. The number of carboxylic acids is 1. The summed E-state index contributed by atoms with van der Waals surface area (Å²) in [5, 5.41) is 20.1. The molecule has 0 unspecified atom stereocenters. The van der Waals surface area contributed by atoms with Crippen LogP contribution in [0, 0.1) is 23.7 Å². The quantitative estimate of drug-likeness (QED) is 0.794. The second-order valence-corrected chi connectivity index (χ2v) is 6.40. The highest BCUT2D eigenvalue weighted by Crippen LogP contribution is 2.50. The molecule has 0 saturated heterocycles. The number of carbonyl (C=O) groups is 1. The predicted molar refractivity (Wildman–Crippen MR) is 70.1 cm³/mol. The molecule has 18 heavy (non-hydrogen) atoms. The van der Waals surface area contributed by atoms with Crippen LogP contribution < -0.4 is 0 Å². The van der Waals surface area contributed by atoms with Crippen LogP contribution in [0.1, 0.15) is 46.5 Å². The van der Waals surface area contributed by atoms with Crippen LogP contribution in [0.5, 0.6) is 0 Å². The topological polar surface area (TPSA) is 57.5 Å². The lowest BCUT2D eigenvalue weighted by atomic mass is 9.57. The molecule has 3 nitrogen and oxygen atoms in total. The van der Waals surface area contributed by atoms with Gasteiger partial charge in [0, 0.05) is 11.5 Å². The van der Waals surface area contributed by atoms with Gasteiger partial charge in [-0.25, -0.2) is 4.79 Å². The van der Waals surface area contributed by atoms with Crippen LogP contribution in [-0.4, -0.2) is 21.8 Å². The van der Waals surface area contributed by atoms with Crippen LogP contribution in [0.15, 0.2) is 11.6 Å². The molecular formula is C15H24O3. The zero-order valence-corrected chi connectivity index (χ0v) is 11.5.